The summed E-state index contributed by atoms with van der Waals surface area (Å²) in [5, 5.41) is 12.3. The molecule has 0 aromatic heterocycles. The van der Waals surface area contributed by atoms with Crippen LogP contribution in [0.4, 0.5) is 0 Å². The minimum absolute atomic E-state index is 0.0272. The molecule has 5 heteroatoms. The van der Waals surface area contributed by atoms with Crippen molar-refractivity contribution in [1.29, 1.82) is 0 Å². The summed E-state index contributed by atoms with van der Waals surface area (Å²) in [4.78, 5) is 25.8. The molecular formula is C17H24N2O3. The molecule has 1 aromatic carbocycles. The quantitative estimate of drug-likeness (QED) is 0.822. The van der Waals surface area contributed by atoms with Crippen LogP contribution in [-0.4, -0.2) is 47.1 Å². The molecule has 1 saturated heterocycles. The molecule has 0 bridgehead atoms. The summed E-state index contributed by atoms with van der Waals surface area (Å²) in [5.41, 5.74) is 0.246. The number of likely N-dealkylation sites (tertiary alicyclic amines) is 1. The number of nitrogens with one attached hydrogen (secondary N) is 1. The van der Waals surface area contributed by atoms with Gasteiger partial charge >= 0.3 is 0 Å². The number of hydrogen-bond donors (Lipinski definition) is 2. The van der Waals surface area contributed by atoms with Gasteiger partial charge in [-0.05, 0) is 25.8 Å². The Morgan fingerprint density at radius 1 is 1.36 bits per heavy atom. The molecule has 2 N–H and O–H groups in total. The first-order chi connectivity index (χ1) is 10.3. The minimum Gasteiger partial charge on any atom is -0.389 e. The zero-order chi connectivity index (χ0) is 16.2. The number of carbonyl (C=O) groups excluding carboxylic acids is 2. The van der Waals surface area contributed by atoms with Crippen LogP contribution in [0.1, 0.15) is 25.8 Å². The lowest BCUT2D eigenvalue weighted by Crippen LogP contribution is -2.41. The number of nitrogens with zero attached hydrogens (tertiary/aromatic N) is 1. The Kier molecular flexibility index (Phi) is 5.19. The SMILES string of the molecule is CC(C)(O)CNC(=O)[C@H]1CC(=O)N(CCc2ccccc2)C1. The summed E-state index contributed by atoms with van der Waals surface area (Å²) in [6.45, 7) is 4.57. The van der Waals surface area contributed by atoms with Gasteiger partial charge in [0.2, 0.25) is 11.8 Å². The van der Waals surface area contributed by atoms with Crippen molar-refractivity contribution in [3.8, 4) is 0 Å². The molecular weight excluding hydrogens is 280 g/mol. The van der Waals surface area contributed by atoms with Crippen molar-refractivity contribution >= 4 is 11.8 Å². The predicted octanol–water partition coefficient (Wildman–Crippen LogP) is 0.965. The Hall–Kier alpha value is -1.88. The maximum atomic E-state index is 12.1. The monoisotopic (exact) mass is 304 g/mol. The topological polar surface area (TPSA) is 69.6 Å². The lowest BCUT2D eigenvalue weighted by Gasteiger charge is -2.20. The zero-order valence-electron chi connectivity index (χ0n) is 13.2. The lowest BCUT2D eigenvalue weighted by molar-refractivity contribution is -0.129. The van der Waals surface area contributed by atoms with Gasteiger partial charge in [0, 0.05) is 26.1 Å². The van der Waals surface area contributed by atoms with Crippen LogP contribution in [0, 0.1) is 5.92 Å². The number of carbonyl (C=O) groups is 2. The molecule has 5 nitrogen and oxygen atoms in total. The molecule has 0 radical (unpaired) electrons. The van der Waals surface area contributed by atoms with Crippen molar-refractivity contribution in [2.75, 3.05) is 19.6 Å². The largest absolute Gasteiger partial charge is 0.389 e. The number of benzene rings is 1. The van der Waals surface area contributed by atoms with Gasteiger partial charge in [-0.3, -0.25) is 9.59 Å². The van der Waals surface area contributed by atoms with Gasteiger partial charge in [-0.2, -0.15) is 0 Å². The molecule has 1 aromatic rings. The molecule has 2 amide bonds. The van der Waals surface area contributed by atoms with Crippen molar-refractivity contribution in [2.45, 2.75) is 32.3 Å². The maximum absolute atomic E-state index is 12.1. The van der Waals surface area contributed by atoms with E-state index in [1.165, 1.54) is 5.56 Å². The number of hydrogen-bond acceptors (Lipinski definition) is 3. The fraction of sp³-hybridized carbons (Fsp3) is 0.529. The Morgan fingerprint density at radius 2 is 2.05 bits per heavy atom. The van der Waals surface area contributed by atoms with E-state index in [0.29, 0.717) is 13.1 Å². The highest BCUT2D eigenvalue weighted by atomic mass is 16.3. The molecule has 2 rings (SSSR count). The molecule has 22 heavy (non-hydrogen) atoms. The molecule has 1 aliphatic rings. The molecule has 0 spiro atoms. The normalized spacial score (nSPS) is 18.6. The van der Waals surface area contributed by atoms with Gasteiger partial charge in [-0.1, -0.05) is 30.3 Å². The Balaban J connectivity index is 1.81. The summed E-state index contributed by atoms with van der Waals surface area (Å²) in [7, 11) is 0. The van der Waals surface area contributed by atoms with E-state index in [-0.39, 0.29) is 30.7 Å². The first-order valence-corrected chi connectivity index (χ1v) is 7.67. The van der Waals surface area contributed by atoms with Crippen LogP contribution in [0.15, 0.2) is 30.3 Å². The number of amides is 2. The van der Waals surface area contributed by atoms with Gasteiger partial charge in [0.1, 0.15) is 0 Å². The van der Waals surface area contributed by atoms with Crippen molar-refractivity contribution in [3.05, 3.63) is 35.9 Å². The fourth-order valence-electron chi connectivity index (χ4n) is 2.52. The van der Waals surface area contributed by atoms with E-state index in [0.717, 1.165) is 6.42 Å². The second-order valence-corrected chi connectivity index (χ2v) is 6.51. The van der Waals surface area contributed by atoms with Gasteiger partial charge in [0.25, 0.3) is 0 Å². The van der Waals surface area contributed by atoms with Crippen molar-refractivity contribution < 1.29 is 14.7 Å². The van der Waals surface area contributed by atoms with E-state index in [9.17, 15) is 14.7 Å². The number of rotatable bonds is 6. The van der Waals surface area contributed by atoms with Crippen LogP contribution < -0.4 is 5.32 Å². The molecule has 1 fully saturated rings. The smallest absolute Gasteiger partial charge is 0.225 e. The third kappa shape index (κ3) is 4.84. The van der Waals surface area contributed by atoms with Gasteiger partial charge in [-0.15, -0.1) is 0 Å². The number of aliphatic hydroxyl groups is 1. The third-order valence-corrected chi connectivity index (χ3v) is 3.79. The fourth-order valence-corrected chi connectivity index (χ4v) is 2.52. The van der Waals surface area contributed by atoms with Crippen LogP contribution in [0.25, 0.3) is 0 Å². The van der Waals surface area contributed by atoms with E-state index in [2.05, 4.69) is 5.32 Å². The Bertz CT molecular complexity index is 522. The average Bonchev–Trinajstić information content (AvgIpc) is 2.84. The molecule has 0 saturated carbocycles. The van der Waals surface area contributed by atoms with Crippen LogP contribution in [-0.2, 0) is 16.0 Å². The summed E-state index contributed by atoms with van der Waals surface area (Å²) in [6, 6.07) is 10.00. The van der Waals surface area contributed by atoms with Crippen LogP contribution in [0.5, 0.6) is 0 Å². The van der Waals surface area contributed by atoms with Crippen molar-refractivity contribution in [1.82, 2.24) is 10.2 Å². The maximum Gasteiger partial charge on any atom is 0.225 e. The lowest BCUT2D eigenvalue weighted by atomic mass is 10.1. The van der Waals surface area contributed by atoms with Crippen molar-refractivity contribution in [2.24, 2.45) is 5.92 Å². The zero-order valence-corrected chi connectivity index (χ0v) is 13.2. The minimum atomic E-state index is -0.939. The summed E-state index contributed by atoms with van der Waals surface area (Å²) >= 11 is 0. The van der Waals surface area contributed by atoms with E-state index in [1.807, 2.05) is 30.3 Å². The molecule has 0 unspecified atom stereocenters. The third-order valence-electron chi connectivity index (χ3n) is 3.79. The molecule has 1 aliphatic heterocycles. The molecule has 1 heterocycles. The Morgan fingerprint density at radius 3 is 2.68 bits per heavy atom. The molecule has 1 atom stereocenters. The van der Waals surface area contributed by atoms with E-state index < -0.39 is 5.60 Å². The highest BCUT2D eigenvalue weighted by molar-refractivity contribution is 5.89. The van der Waals surface area contributed by atoms with Gasteiger partial charge in [0.05, 0.1) is 11.5 Å². The second kappa shape index (κ2) is 6.92. The van der Waals surface area contributed by atoms with Gasteiger partial charge in [-0.25, -0.2) is 0 Å². The summed E-state index contributed by atoms with van der Waals surface area (Å²) < 4.78 is 0. The summed E-state index contributed by atoms with van der Waals surface area (Å²) in [5.74, 6) is -0.442. The van der Waals surface area contributed by atoms with E-state index in [1.54, 1.807) is 18.7 Å². The first-order valence-electron chi connectivity index (χ1n) is 7.67. The van der Waals surface area contributed by atoms with Crippen LogP contribution >= 0.6 is 0 Å². The summed E-state index contributed by atoms with van der Waals surface area (Å²) in [6.07, 6.45) is 1.05. The average molecular weight is 304 g/mol. The van der Waals surface area contributed by atoms with E-state index in [4.69, 9.17) is 0 Å². The van der Waals surface area contributed by atoms with Crippen LogP contribution in [0.3, 0.4) is 0 Å². The second-order valence-electron chi connectivity index (χ2n) is 6.51. The van der Waals surface area contributed by atoms with E-state index >= 15 is 0 Å². The van der Waals surface area contributed by atoms with Gasteiger partial charge < -0.3 is 15.3 Å². The Labute approximate surface area is 131 Å². The highest BCUT2D eigenvalue weighted by Crippen LogP contribution is 2.18. The predicted molar refractivity (Wildman–Crippen MR) is 84.1 cm³/mol. The molecule has 120 valence electrons. The molecule has 0 aliphatic carbocycles. The van der Waals surface area contributed by atoms with Gasteiger partial charge in [0.15, 0.2) is 0 Å². The first kappa shape index (κ1) is 16.5. The van der Waals surface area contributed by atoms with Crippen molar-refractivity contribution in [3.63, 3.8) is 0 Å². The standard InChI is InChI=1S/C17H24N2O3/c1-17(2,22)12-18-16(21)14-10-15(20)19(11-14)9-8-13-6-4-3-5-7-13/h3-7,14,22H,8-12H2,1-2H3,(H,18,21)/t14-/m0/s1. The highest BCUT2D eigenvalue weighted by Gasteiger charge is 2.34. The van der Waals surface area contributed by atoms with Crippen LogP contribution in [0.2, 0.25) is 0 Å².